The first kappa shape index (κ1) is 26.4. The molecule has 0 aliphatic carbocycles. The minimum Gasteiger partial charge on any atom is -0.480 e. The second kappa shape index (κ2) is 10.8. The molecule has 2 amide bonds. The summed E-state index contributed by atoms with van der Waals surface area (Å²) in [6.07, 6.45) is 1.69. The van der Waals surface area contributed by atoms with Crippen LogP contribution in [0.1, 0.15) is 32.4 Å². The molecule has 3 atom stereocenters. The van der Waals surface area contributed by atoms with Gasteiger partial charge in [0.15, 0.2) is 0 Å². The number of para-hydroxylation sites is 2. The number of rotatable bonds is 9. The van der Waals surface area contributed by atoms with Crippen LogP contribution < -0.4 is 21.9 Å². The van der Waals surface area contributed by atoms with Gasteiger partial charge >= 0.3 is 11.7 Å². The molecule has 2 heterocycles. The number of nitrogens with one attached hydrogen (secondary N) is 4. The molecule has 198 valence electrons. The first-order valence-corrected chi connectivity index (χ1v) is 12.2. The van der Waals surface area contributed by atoms with Crippen molar-refractivity contribution in [1.82, 2.24) is 25.2 Å². The van der Waals surface area contributed by atoms with Crippen LogP contribution in [0.2, 0.25) is 0 Å². The van der Waals surface area contributed by atoms with Crippen molar-refractivity contribution in [2.45, 2.75) is 45.3 Å². The number of nitrogens with zero attached hydrogens (tertiary/aromatic N) is 1. The average molecular weight is 520 g/mol. The summed E-state index contributed by atoms with van der Waals surface area (Å²) in [5, 5.41) is 15.4. The molecule has 5 N–H and O–H groups in total. The van der Waals surface area contributed by atoms with Crippen molar-refractivity contribution in [3.05, 3.63) is 81.1 Å². The third-order valence-corrected chi connectivity index (χ3v) is 6.52. The zero-order valence-electron chi connectivity index (χ0n) is 21.1. The number of carbonyl (C=O) groups excluding carboxylic acids is 2. The number of carbonyl (C=O) groups is 3. The SMILES string of the molecule is CC(C)[C@@H](NC(=O)[C@H](C)NC(=O)[C@H](Cc1c[nH]c2ccccc12)n1c(=O)[nH]c2ccccc2c1=O)C(=O)O. The Labute approximate surface area is 216 Å². The molecular weight excluding hydrogens is 490 g/mol. The molecule has 0 aliphatic heterocycles. The van der Waals surface area contributed by atoms with Crippen molar-refractivity contribution in [3.8, 4) is 0 Å². The number of H-pyrrole nitrogens is 2. The zero-order chi connectivity index (χ0) is 27.6. The summed E-state index contributed by atoms with van der Waals surface area (Å²) < 4.78 is 0.859. The van der Waals surface area contributed by atoms with Gasteiger partial charge in [0.25, 0.3) is 5.56 Å². The first-order valence-electron chi connectivity index (χ1n) is 12.2. The molecule has 0 saturated carbocycles. The van der Waals surface area contributed by atoms with Crippen molar-refractivity contribution >= 4 is 39.6 Å². The third-order valence-electron chi connectivity index (χ3n) is 6.52. The lowest BCUT2D eigenvalue weighted by atomic mass is 10.0. The molecule has 0 spiro atoms. The Kier molecular flexibility index (Phi) is 7.47. The summed E-state index contributed by atoms with van der Waals surface area (Å²) in [7, 11) is 0. The summed E-state index contributed by atoms with van der Waals surface area (Å²) in [6, 6.07) is 10.3. The molecule has 11 heteroatoms. The van der Waals surface area contributed by atoms with Gasteiger partial charge in [-0.25, -0.2) is 14.2 Å². The maximum absolute atomic E-state index is 13.6. The van der Waals surface area contributed by atoms with Crippen LogP contribution in [0.4, 0.5) is 0 Å². The van der Waals surface area contributed by atoms with Crippen LogP contribution >= 0.6 is 0 Å². The number of aromatic nitrogens is 3. The average Bonchev–Trinajstić information content (AvgIpc) is 3.28. The summed E-state index contributed by atoms with van der Waals surface area (Å²) in [6.45, 7) is 4.71. The molecule has 4 rings (SSSR count). The molecule has 0 fully saturated rings. The van der Waals surface area contributed by atoms with Gasteiger partial charge in [-0.15, -0.1) is 0 Å². The van der Waals surface area contributed by atoms with Gasteiger partial charge < -0.3 is 25.7 Å². The molecule has 11 nitrogen and oxygen atoms in total. The molecule has 0 unspecified atom stereocenters. The van der Waals surface area contributed by atoms with Crippen LogP contribution in [0.3, 0.4) is 0 Å². The Morgan fingerprint density at radius 3 is 2.18 bits per heavy atom. The molecule has 2 aromatic carbocycles. The van der Waals surface area contributed by atoms with E-state index in [2.05, 4.69) is 20.6 Å². The van der Waals surface area contributed by atoms with Gasteiger partial charge in [0, 0.05) is 23.5 Å². The number of aliphatic carboxylic acids is 1. The van der Waals surface area contributed by atoms with Crippen molar-refractivity contribution < 1.29 is 19.5 Å². The van der Waals surface area contributed by atoms with E-state index in [9.17, 15) is 29.1 Å². The van der Waals surface area contributed by atoms with E-state index in [1.54, 1.807) is 44.3 Å². The van der Waals surface area contributed by atoms with Crippen molar-refractivity contribution in [1.29, 1.82) is 0 Å². The fraction of sp³-hybridized carbons (Fsp3) is 0.296. The lowest BCUT2D eigenvalue weighted by Crippen LogP contribution is -2.54. The Morgan fingerprint density at radius 2 is 1.53 bits per heavy atom. The largest absolute Gasteiger partial charge is 0.480 e. The Balaban J connectivity index is 1.71. The second-order valence-electron chi connectivity index (χ2n) is 9.53. The lowest BCUT2D eigenvalue weighted by Gasteiger charge is -2.23. The molecule has 0 aliphatic rings. The van der Waals surface area contributed by atoms with E-state index in [0.29, 0.717) is 11.1 Å². The maximum Gasteiger partial charge on any atom is 0.329 e. The lowest BCUT2D eigenvalue weighted by molar-refractivity contribution is -0.143. The molecule has 0 radical (unpaired) electrons. The zero-order valence-corrected chi connectivity index (χ0v) is 21.1. The second-order valence-corrected chi connectivity index (χ2v) is 9.53. The Hall–Kier alpha value is -4.67. The number of carboxylic acid groups (broad SMARTS) is 1. The quantitative estimate of drug-likeness (QED) is 0.226. The fourth-order valence-electron chi connectivity index (χ4n) is 4.44. The summed E-state index contributed by atoms with van der Waals surface area (Å²) in [4.78, 5) is 70.1. The third kappa shape index (κ3) is 5.22. The highest BCUT2D eigenvalue weighted by atomic mass is 16.4. The van der Waals surface area contributed by atoms with E-state index in [0.717, 1.165) is 15.5 Å². The van der Waals surface area contributed by atoms with Gasteiger partial charge in [-0.1, -0.05) is 44.2 Å². The van der Waals surface area contributed by atoms with Gasteiger partial charge in [0.2, 0.25) is 11.8 Å². The van der Waals surface area contributed by atoms with Crippen molar-refractivity contribution in [2.75, 3.05) is 0 Å². The highest BCUT2D eigenvalue weighted by Gasteiger charge is 2.31. The van der Waals surface area contributed by atoms with E-state index in [1.807, 2.05) is 24.3 Å². The first-order chi connectivity index (χ1) is 18.1. The summed E-state index contributed by atoms with van der Waals surface area (Å²) in [5.74, 6) is -3.02. The smallest absolute Gasteiger partial charge is 0.329 e. The van der Waals surface area contributed by atoms with Crippen LogP contribution in [0.15, 0.2) is 64.3 Å². The van der Waals surface area contributed by atoms with E-state index >= 15 is 0 Å². The predicted octanol–water partition coefficient (Wildman–Crippen LogP) is 1.69. The number of hydrogen-bond donors (Lipinski definition) is 5. The minimum atomic E-state index is -1.30. The van der Waals surface area contributed by atoms with Gasteiger partial charge in [0.1, 0.15) is 18.1 Å². The number of fused-ring (bicyclic) bond motifs is 2. The molecule has 0 saturated heterocycles. The van der Waals surface area contributed by atoms with Gasteiger partial charge in [-0.05, 0) is 36.6 Å². The number of carboxylic acids is 1. The minimum absolute atomic E-state index is 0.0186. The molecule has 38 heavy (non-hydrogen) atoms. The van der Waals surface area contributed by atoms with Crippen molar-refractivity contribution in [2.24, 2.45) is 5.92 Å². The van der Waals surface area contributed by atoms with E-state index in [-0.39, 0.29) is 17.7 Å². The molecule has 0 bridgehead atoms. The van der Waals surface area contributed by atoms with Crippen LogP contribution in [0.25, 0.3) is 21.8 Å². The highest BCUT2D eigenvalue weighted by molar-refractivity contribution is 5.92. The van der Waals surface area contributed by atoms with Crippen molar-refractivity contribution in [3.63, 3.8) is 0 Å². The van der Waals surface area contributed by atoms with Gasteiger partial charge in [0.05, 0.1) is 10.9 Å². The highest BCUT2D eigenvalue weighted by Crippen LogP contribution is 2.22. The standard InChI is InChI=1S/C27H29N5O6/c1-14(2)22(26(36)37)31-23(33)15(3)29-24(34)21(12-16-13-28-19-10-6-4-8-17(16)19)32-25(35)18-9-5-7-11-20(18)30-27(32)38/h4-11,13-15,21-22,28H,12H2,1-3H3,(H,29,34)(H,30,38)(H,31,33)(H,36,37)/t15-,21-,22+/m0/s1. The Bertz CT molecular complexity index is 1630. The summed E-state index contributed by atoms with van der Waals surface area (Å²) in [5.41, 5.74) is 0.445. The fourth-order valence-corrected chi connectivity index (χ4v) is 4.44. The van der Waals surface area contributed by atoms with Gasteiger partial charge in [-0.2, -0.15) is 0 Å². The van der Waals surface area contributed by atoms with E-state index in [4.69, 9.17) is 0 Å². The van der Waals surface area contributed by atoms with Crippen LogP contribution in [-0.2, 0) is 20.8 Å². The number of benzene rings is 2. The maximum atomic E-state index is 13.6. The van der Waals surface area contributed by atoms with Crippen LogP contribution in [0.5, 0.6) is 0 Å². The molecule has 2 aromatic heterocycles. The number of aromatic amines is 2. The Morgan fingerprint density at radius 1 is 0.895 bits per heavy atom. The summed E-state index contributed by atoms with van der Waals surface area (Å²) >= 11 is 0. The molecular formula is C27H29N5O6. The van der Waals surface area contributed by atoms with Gasteiger partial charge in [-0.3, -0.25) is 14.4 Å². The number of hydrogen-bond acceptors (Lipinski definition) is 5. The predicted molar refractivity (Wildman–Crippen MR) is 142 cm³/mol. The normalized spacial score (nSPS) is 13.8. The number of amides is 2. The van der Waals surface area contributed by atoms with E-state index in [1.165, 1.54) is 6.92 Å². The van der Waals surface area contributed by atoms with E-state index < -0.39 is 47.2 Å². The topological polar surface area (TPSA) is 166 Å². The molecule has 4 aromatic rings. The van der Waals surface area contributed by atoms with Crippen LogP contribution in [0, 0.1) is 5.92 Å². The van der Waals surface area contributed by atoms with Crippen LogP contribution in [-0.4, -0.2) is 49.5 Å². The monoisotopic (exact) mass is 519 g/mol.